The van der Waals surface area contributed by atoms with Crippen molar-refractivity contribution in [2.24, 2.45) is 7.05 Å². The highest BCUT2D eigenvalue weighted by Gasteiger charge is 2.33. The molecule has 1 saturated heterocycles. The lowest BCUT2D eigenvalue weighted by molar-refractivity contribution is 0.0736. The summed E-state index contributed by atoms with van der Waals surface area (Å²) in [4.78, 5) is 13.8. The van der Waals surface area contributed by atoms with E-state index in [-0.39, 0.29) is 23.5 Å². The maximum Gasteiger partial charge on any atom is 0.272 e. The molecular formula is C11H17N3O3S. The van der Waals surface area contributed by atoms with Gasteiger partial charge in [-0.05, 0) is 19.4 Å². The Balaban J connectivity index is 2.17. The summed E-state index contributed by atoms with van der Waals surface area (Å²) in [5.74, 6) is 0.0476. The van der Waals surface area contributed by atoms with Gasteiger partial charge < -0.3 is 4.90 Å². The fourth-order valence-electron chi connectivity index (χ4n) is 2.24. The van der Waals surface area contributed by atoms with E-state index in [1.54, 1.807) is 20.2 Å². The van der Waals surface area contributed by atoms with Crippen LogP contribution >= 0.6 is 0 Å². The van der Waals surface area contributed by atoms with Crippen LogP contribution in [-0.4, -0.2) is 53.6 Å². The Hall–Kier alpha value is -1.37. The molecule has 0 N–H and O–H groups in total. The lowest BCUT2D eigenvalue weighted by Crippen LogP contribution is -2.38. The van der Waals surface area contributed by atoms with Crippen molar-refractivity contribution in [1.82, 2.24) is 14.7 Å². The van der Waals surface area contributed by atoms with Crippen LogP contribution in [0.3, 0.4) is 0 Å². The fourth-order valence-corrected chi connectivity index (χ4v) is 4.01. The zero-order chi connectivity index (χ0) is 13.5. The predicted octanol–water partition coefficient (Wildman–Crippen LogP) is -0.0124. The summed E-state index contributed by atoms with van der Waals surface area (Å²) < 4.78 is 24.4. The first kappa shape index (κ1) is 13.1. The van der Waals surface area contributed by atoms with Gasteiger partial charge in [0, 0.05) is 20.1 Å². The molecule has 7 heteroatoms. The van der Waals surface area contributed by atoms with Crippen LogP contribution in [0.4, 0.5) is 0 Å². The molecule has 1 aromatic rings. The van der Waals surface area contributed by atoms with Gasteiger partial charge in [0.2, 0.25) is 0 Å². The van der Waals surface area contributed by atoms with Crippen LogP contribution < -0.4 is 0 Å². The molecule has 0 aliphatic carbocycles. The van der Waals surface area contributed by atoms with E-state index in [0.717, 1.165) is 5.69 Å². The first-order chi connectivity index (χ1) is 8.30. The normalized spacial score (nSPS) is 22.1. The van der Waals surface area contributed by atoms with Crippen LogP contribution in [0.15, 0.2) is 6.07 Å². The first-order valence-corrected chi connectivity index (χ1v) is 7.60. The molecule has 2 heterocycles. The Morgan fingerprint density at radius 2 is 2.22 bits per heavy atom. The molecule has 1 aromatic heterocycles. The number of aromatic nitrogens is 2. The smallest absolute Gasteiger partial charge is 0.272 e. The molecule has 1 aliphatic rings. The van der Waals surface area contributed by atoms with Gasteiger partial charge >= 0.3 is 0 Å². The van der Waals surface area contributed by atoms with Crippen molar-refractivity contribution in [3.05, 3.63) is 17.5 Å². The molecule has 1 atom stereocenters. The second kappa shape index (κ2) is 4.38. The number of amides is 1. The van der Waals surface area contributed by atoms with Crippen molar-refractivity contribution in [2.45, 2.75) is 19.4 Å². The second-order valence-corrected chi connectivity index (χ2v) is 7.00. The number of hydrogen-bond donors (Lipinski definition) is 0. The van der Waals surface area contributed by atoms with E-state index in [1.807, 2.05) is 6.92 Å². The number of sulfone groups is 1. The van der Waals surface area contributed by atoms with E-state index in [4.69, 9.17) is 0 Å². The first-order valence-electron chi connectivity index (χ1n) is 5.78. The highest BCUT2D eigenvalue weighted by atomic mass is 32.2. The molecule has 0 aromatic carbocycles. The summed E-state index contributed by atoms with van der Waals surface area (Å²) in [6, 6.07) is 1.49. The van der Waals surface area contributed by atoms with Gasteiger partial charge in [-0.2, -0.15) is 5.10 Å². The number of rotatable bonds is 2. The maximum absolute atomic E-state index is 12.2. The standard InChI is InChI=1S/C11H17N3O3S/c1-8-6-10(14(3)12-8)11(15)13(2)9-4-5-18(16,17)7-9/h6,9H,4-5,7H2,1-3H3. The fraction of sp³-hybridized carbons (Fsp3) is 0.636. The van der Waals surface area contributed by atoms with Crippen LogP contribution in [0.2, 0.25) is 0 Å². The predicted molar refractivity (Wildman–Crippen MR) is 67.1 cm³/mol. The van der Waals surface area contributed by atoms with Crippen LogP contribution in [-0.2, 0) is 16.9 Å². The Labute approximate surface area is 106 Å². The van der Waals surface area contributed by atoms with E-state index in [0.29, 0.717) is 12.1 Å². The molecule has 6 nitrogen and oxygen atoms in total. The van der Waals surface area contributed by atoms with Gasteiger partial charge in [-0.3, -0.25) is 9.48 Å². The minimum atomic E-state index is -2.98. The number of nitrogens with zero attached hydrogens (tertiary/aromatic N) is 3. The number of aryl methyl sites for hydroxylation is 2. The van der Waals surface area contributed by atoms with Gasteiger partial charge in [0.25, 0.3) is 5.91 Å². The monoisotopic (exact) mass is 271 g/mol. The molecule has 0 spiro atoms. The van der Waals surface area contributed by atoms with E-state index in [2.05, 4.69) is 5.10 Å². The quantitative estimate of drug-likeness (QED) is 0.758. The SMILES string of the molecule is Cc1cc(C(=O)N(C)C2CCS(=O)(=O)C2)n(C)n1. The Morgan fingerprint density at radius 3 is 2.67 bits per heavy atom. The van der Waals surface area contributed by atoms with Crippen LogP contribution in [0.25, 0.3) is 0 Å². The Kier molecular flexibility index (Phi) is 3.18. The molecule has 1 aliphatic heterocycles. The van der Waals surface area contributed by atoms with Crippen LogP contribution in [0, 0.1) is 6.92 Å². The third kappa shape index (κ3) is 2.40. The van der Waals surface area contributed by atoms with E-state index in [1.165, 1.54) is 9.58 Å². The molecule has 18 heavy (non-hydrogen) atoms. The topological polar surface area (TPSA) is 72.3 Å². The van der Waals surface area contributed by atoms with E-state index in [9.17, 15) is 13.2 Å². The molecule has 0 saturated carbocycles. The average molecular weight is 271 g/mol. The van der Waals surface area contributed by atoms with Gasteiger partial charge in [-0.25, -0.2) is 8.42 Å². The molecule has 0 radical (unpaired) electrons. The number of carbonyl (C=O) groups is 1. The lowest BCUT2D eigenvalue weighted by atomic mass is 10.2. The molecule has 2 rings (SSSR count). The van der Waals surface area contributed by atoms with Crippen molar-refractivity contribution < 1.29 is 13.2 Å². The minimum absolute atomic E-state index is 0.0616. The zero-order valence-corrected chi connectivity index (χ0v) is 11.6. The van der Waals surface area contributed by atoms with Gasteiger partial charge in [0.05, 0.1) is 17.2 Å². The summed E-state index contributed by atoms with van der Waals surface area (Å²) in [6.45, 7) is 1.82. The summed E-state index contributed by atoms with van der Waals surface area (Å²) in [7, 11) is 0.379. The van der Waals surface area contributed by atoms with Crippen molar-refractivity contribution in [2.75, 3.05) is 18.6 Å². The third-order valence-corrected chi connectivity index (χ3v) is 5.05. The lowest BCUT2D eigenvalue weighted by Gasteiger charge is -2.23. The highest BCUT2D eigenvalue weighted by Crippen LogP contribution is 2.18. The second-order valence-electron chi connectivity index (χ2n) is 4.77. The van der Waals surface area contributed by atoms with Crippen molar-refractivity contribution in [3.63, 3.8) is 0 Å². The third-order valence-electron chi connectivity index (χ3n) is 3.30. The number of carbonyl (C=O) groups excluding carboxylic acids is 1. The van der Waals surface area contributed by atoms with E-state index >= 15 is 0 Å². The highest BCUT2D eigenvalue weighted by molar-refractivity contribution is 7.91. The summed E-state index contributed by atoms with van der Waals surface area (Å²) in [6.07, 6.45) is 0.515. The Morgan fingerprint density at radius 1 is 1.56 bits per heavy atom. The molecular weight excluding hydrogens is 254 g/mol. The maximum atomic E-state index is 12.2. The van der Waals surface area contributed by atoms with Crippen molar-refractivity contribution in [1.29, 1.82) is 0 Å². The zero-order valence-electron chi connectivity index (χ0n) is 10.8. The average Bonchev–Trinajstić information content (AvgIpc) is 2.79. The number of hydrogen-bond acceptors (Lipinski definition) is 4. The van der Waals surface area contributed by atoms with Crippen LogP contribution in [0.1, 0.15) is 22.6 Å². The van der Waals surface area contributed by atoms with Crippen molar-refractivity contribution in [3.8, 4) is 0 Å². The van der Waals surface area contributed by atoms with E-state index < -0.39 is 9.84 Å². The largest absolute Gasteiger partial charge is 0.336 e. The molecule has 1 amide bonds. The van der Waals surface area contributed by atoms with Gasteiger partial charge in [-0.1, -0.05) is 0 Å². The molecule has 100 valence electrons. The summed E-state index contributed by atoms with van der Waals surface area (Å²) in [5, 5.41) is 4.12. The van der Waals surface area contributed by atoms with Gasteiger partial charge in [-0.15, -0.1) is 0 Å². The summed E-state index contributed by atoms with van der Waals surface area (Å²) >= 11 is 0. The molecule has 1 unspecified atom stereocenters. The molecule has 0 bridgehead atoms. The van der Waals surface area contributed by atoms with Crippen LogP contribution in [0.5, 0.6) is 0 Å². The van der Waals surface area contributed by atoms with Gasteiger partial charge in [0.1, 0.15) is 5.69 Å². The van der Waals surface area contributed by atoms with Crippen molar-refractivity contribution >= 4 is 15.7 Å². The molecule has 1 fully saturated rings. The minimum Gasteiger partial charge on any atom is -0.336 e. The Bertz CT molecular complexity index is 576. The van der Waals surface area contributed by atoms with Gasteiger partial charge in [0.15, 0.2) is 9.84 Å². The summed E-state index contributed by atoms with van der Waals surface area (Å²) in [5.41, 5.74) is 1.26.